The van der Waals surface area contributed by atoms with Gasteiger partial charge in [0.1, 0.15) is 23.6 Å². The van der Waals surface area contributed by atoms with Gasteiger partial charge in [-0.05, 0) is 234 Å². The van der Waals surface area contributed by atoms with E-state index in [9.17, 15) is 15.0 Å². The van der Waals surface area contributed by atoms with Crippen LogP contribution < -0.4 is 5.32 Å². The van der Waals surface area contributed by atoms with Gasteiger partial charge < -0.3 is 45.1 Å². The first-order valence-electron chi connectivity index (χ1n) is 33.1. The second-order valence-corrected chi connectivity index (χ2v) is 30.4. The van der Waals surface area contributed by atoms with Crippen LogP contribution in [0.1, 0.15) is 162 Å². The van der Waals surface area contributed by atoms with Crippen LogP contribution in [0.5, 0.6) is 0 Å². The van der Waals surface area contributed by atoms with Crippen molar-refractivity contribution < 1.29 is 44.6 Å². The van der Waals surface area contributed by atoms with Crippen molar-refractivity contribution in [1.82, 2.24) is 5.32 Å². The number of carbonyl (C=O) groups excluding carboxylic acids is 2. The van der Waals surface area contributed by atoms with Gasteiger partial charge in [-0.3, -0.25) is 0 Å². The Bertz CT molecular complexity index is 3190. The van der Waals surface area contributed by atoms with Crippen LogP contribution in [0, 0.1) is 105 Å². The summed E-state index contributed by atoms with van der Waals surface area (Å²) in [5.74, 6) is 6.32. The third-order valence-corrected chi connectivity index (χ3v) is 28.0. The minimum atomic E-state index is -2.21. The number of hydrogen-bond acceptors (Lipinski definition) is 10. The van der Waals surface area contributed by atoms with Crippen molar-refractivity contribution in [2.24, 2.45) is 93.2 Å². The Balaban J connectivity index is 0.882. The molecule has 0 radical (unpaired) electrons. The van der Waals surface area contributed by atoms with E-state index in [1.165, 1.54) is 23.1 Å². The highest BCUT2D eigenvalue weighted by molar-refractivity contribution is 5.86. The Kier molecular flexibility index (Phi) is 12.7. The molecule has 3 aromatic rings. The maximum Gasteiger partial charge on any atom is 0.331 e. The first kappa shape index (κ1) is 54.2. The molecule has 9 saturated carbocycles. The van der Waals surface area contributed by atoms with E-state index in [1.54, 1.807) is 6.08 Å². The predicted octanol–water partition coefficient (Wildman–Crippen LogP) is 9.76. The standard InChI is InChI=1S/C73H89NO9/c1-41-47-18-17-44(28-47)27-42-10-8-11-43(26-42)29-54-34-53-31-51-30-49(45-12-4-3-5-13-45)20-21-58(51)70(53)39-69(40-76)62-23-25-68-24-7-6-14-46-15-9-16-50(38-75)55(46)35-61(74-2)56-32-52(64(68)57-36-63(77)83-65(56)57)37-71(68,79)73(62,81)66(78)60-33-48(41)19-22-59(67(70)82-54)72(60,69)80/h3-5,8-13,15-16,26,36,40-41,44,47-49,51-54,56,58-62,64-67,74-75,78-81H,7,17-25,27-35,37-39H2,1-2H3/t41-,44+,47-,48-,49+,51+,52-,53-,54-,56+,58+,59-,60-,61-,62-,64-,65-,66+,67-,68-,69+,70+,71-,72-,73-/m1/s1. The maximum absolute atomic E-state index is 15.9. The van der Waals surface area contributed by atoms with Crippen LogP contribution in [0.2, 0.25) is 0 Å². The van der Waals surface area contributed by atoms with Crippen LogP contribution in [-0.4, -0.2) is 92.1 Å². The van der Waals surface area contributed by atoms with Gasteiger partial charge in [-0.25, -0.2) is 4.79 Å². The number of rotatable bonds is 4. The molecule has 1 saturated heterocycles. The smallest absolute Gasteiger partial charge is 0.331 e. The average Bonchev–Trinajstić information content (AvgIpc) is 1.95. The molecule has 12 bridgehead atoms. The van der Waals surface area contributed by atoms with Crippen molar-refractivity contribution in [3.8, 4) is 11.8 Å². The molecule has 2 spiro atoms. The molecule has 10 nitrogen and oxygen atoms in total. The molecule has 3 aliphatic heterocycles. The Hall–Kier alpha value is -4.18. The number of benzene rings is 3. The number of aldehydes is 1. The van der Waals surface area contributed by atoms with Crippen LogP contribution in [0.3, 0.4) is 0 Å². The lowest BCUT2D eigenvalue weighted by Crippen LogP contribution is -2.87. The van der Waals surface area contributed by atoms with Gasteiger partial charge >= 0.3 is 5.97 Å². The van der Waals surface area contributed by atoms with Gasteiger partial charge in [0.25, 0.3) is 0 Å². The van der Waals surface area contributed by atoms with E-state index < -0.39 is 69.0 Å². The number of carbonyl (C=O) groups is 2. The van der Waals surface area contributed by atoms with Gasteiger partial charge in [0.2, 0.25) is 0 Å². The zero-order chi connectivity index (χ0) is 56.6. The molecule has 3 aromatic carbocycles. The van der Waals surface area contributed by atoms with E-state index in [4.69, 9.17) is 9.47 Å². The topological polar surface area (TPSA) is 166 Å². The molecular weight excluding hydrogens is 1030 g/mol. The number of ether oxygens (including phenoxy) is 2. The van der Waals surface area contributed by atoms with E-state index in [0.29, 0.717) is 81.5 Å². The number of aliphatic hydroxyl groups excluding tert-OH is 2. The molecule has 10 fully saturated rings. The fourth-order valence-electron chi connectivity index (χ4n) is 25.0. The molecule has 0 amide bonds. The van der Waals surface area contributed by atoms with E-state index in [0.717, 1.165) is 92.8 Å². The van der Waals surface area contributed by atoms with Crippen molar-refractivity contribution in [3.63, 3.8) is 0 Å². The van der Waals surface area contributed by atoms with E-state index in [1.807, 2.05) is 25.2 Å². The predicted molar refractivity (Wildman–Crippen MR) is 314 cm³/mol. The van der Waals surface area contributed by atoms with Crippen molar-refractivity contribution in [2.75, 3.05) is 7.05 Å². The fourth-order valence-corrected chi connectivity index (χ4v) is 25.0. The lowest BCUT2D eigenvalue weighted by molar-refractivity contribution is -0.394. The number of nitrogens with one attached hydrogen (secondary N) is 1. The van der Waals surface area contributed by atoms with Crippen LogP contribution in [-0.2, 0) is 44.9 Å². The lowest BCUT2D eigenvalue weighted by atomic mass is 9.31. The Morgan fingerprint density at radius 2 is 1.57 bits per heavy atom. The second kappa shape index (κ2) is 19.4. The molecule has 17 rings (SSSR count). The summed E-state index contributed by atoms with van der Waals surface area (Å²) >= 11 is 0. The van der Waals surface area contributed by atoms with Crippen molar-refractivity contribution in [2.45, 2.75) is 202 Å². The molecule has 440 valence electrons. The summed E-state index contributed by atoms with van der Waals surface area (Å²) in [6.07, 6.45) is 15.9. The van der Waals surface area contributed by atoms with Gasteiger partial charge in [0.05, 0.1) is 35.9 Å². The third kappa shape index (κ3) is 7.28. The first-order chi connectivity index (χ1) is 40.2. The summed E-state index contributed by atoms with van der Waals surface area (Å²) in [6, 6.07) is 26.1. The highest BCUT2D eigenvalue weighted by atomic mass is 16.5. The van der Waals surface area contributed by atoms with Gasteiger partial charge in [-0.1, -0.05) is 85.5 Å². The minimum Gasteiger partial charge on any atom is -0.454 e. The monoisotopic (exact) mass is 1120 g/mol. The summed E-state index contributed by atoms with van der Waals surface area (Å²) in [5, 5.41) is 74.1. The molecule has 0 aromatic heterocycles. The molecule has 25 atom stereocenters. The number of aliphatic hydroxyl groups is 5. The lowest BCUT2D eigenvalue weighted by Gasteiger charge is -2.76. The quantitative estimate of drug-likeness (QED) is 0.0842. The average molecular weight is 1120 g/mol. The number of likely N-dealkylation sites (N-methyl/N-ethyl adjacent to an activating group) is 1. The van der Waals surface area contributed by atoms with Gasteiger partial charge in [0.15, 0.2) is 0 Å². The van der Waals surface area contributed by atoms with Crippen molar-refractivity contribution in [1.29, 1.82) is 0 Å². The normalized spacial score (nSPS) is 49.6. The van der Waals surface area contributed by atoms with E-state index in [-0.39, 0.29) is 72.7 Å². The van der Waals surface area contributed by atoms with Crippen LogP contribution >= 0.6 is 0 Å². The van der Waals surface area contributed by atoms with Crippen molar-refractivity contribution in [3.05, 3.63) is 118 Å². The molecule has 0 unspecified atom stereocenters. The molecule has 11 aliphatic carbocycles. The van der Waals surface area contributed by atoms with Crippen LogP contribution in [0.15, 0.2) is 84.4 Å². The fraction of sp³-hybridized carbons (Fsp3) is 0.671. The Labute approximate surface area is 491 Å². The number of hydrogen-bond donors (Lipinski definition) is 6. The minimum absolute atomic E-state index is 0.0705. The molecular formula is C73H89NO9. The highest BCUT2D eigenvalue weighted by Crippen LogP contribution is 2.81. The molecule has 6 N–H and O–H groups in total. The molecule has 14 aliphatic rings. The first-order valence-corrected chi connectivity index (χ1v) is 33.1. The summed E-state index contributed by atoms with van der Waals surface area (Å²) < 4.78 is 14.4. The number of fused-ring (bicyclic) bond motifs is 14. The highest BCUT2D eigenvalue weighted by Gasteiger charge is 2.88. The van der Waals surface area contributed by atoms with Gasteiger partial charge in [-0.2, -0.15) is 0 Å². The summed E-state index contributed by atoms with van der Waals surface area (Å²) in [7, 11) is 1.95. The third-order valence-electron chi connectivity index (χ3n) is 28.0. The number of esters is 1. The van der Waals surface area contributed by atoms with Crippen LogP contribution in [0.4, 0.5) is 0 Å². The SMILES string of the molecule is CN[C@@H]1Cc2c(cccc2CO)C#CCC[C@]23CC[C@H]4[C@@](O)([C@@H](O)[C@H]5C[C@H]6CC[C@@H]7[C@H]8O[C@H](Cc9cccc(c9)C[C@@H]9CC[C@H](C9)[C@H]6C)C[C@H]6C[C@@H]9C[C@@H](c%10ccccc%10)CC[C@@H]9[C@]68C[C@@]4(C=O)[C@@]75O)[C@@]2(O)C[C@H]2C[C@@H]1[C@H]1OC(=O)C=C1[C@@H]23. The summed E-state index contributed by atoms with van der Waals surface area (Å²) in [5.41, 5.74) is -1.30. The van der Waals surface area contributed by atoms with Gasteiger partial charge in [0, 0.05) is 58.6 Å². The van der Waals surface area contributed by atoms with Gasteiger partial charge in [-0.15, -0.1) is 0 Å². The Morgan fingerprint density at radius 3 is 2.39 bits per heavy atom. The summed E-state index contributed by atoms with van der Waals surface area (Å²) in [4.78, 5) is 29.8. The Morgan fingerprint density at radius 1 is 0.771 bits per heavy atom. The largest absolute Gasteiger partial charge is 0.454 e. The molecule has 3 heterocycles. The maximum atomic E-state index is 15.9. The zero-order valence-electron chi connectivity index (χ0n) is 49.0. The van der Waals surface area contributed by atoms with E-state index >= 15 is 20.1 Å². The zero-order valence-corrected chi connectivity index (χ0v) is 49.0. The second-order valence-electron chi connectivity index (χ2n) is 30.4. The molecule has 83 heavy (non-hydrogen) atoms. The molecule has 10 heteroatoms. The van der Waals surface area contributed by atoms with Crippen LogP contribution in [0.25, 0.3) is 0 Å². The summed E-state index contributed by atoms with van der Waals surface area (Å²) in [6.45, 7) is 2.31. The van der Waals surface area contributed by atoms with E-state index in [2.05, 4.69) is 78.7 Å². The van der Waals surface area contributed by atoms with Crippen molar-refractivity contribution >= 4 is 12.3 Å².